The van der Waals surface area contributed by atoms with Crippen LogP contribution in [-0.4, -0.2) is 6.61 Å². The van der Waals surface area contributed by atoms with Crippen LogP contribution in [0.3, 0.4) is 0 Å². The van der Waals surface area contributed by atoms with Crippen LogP contribution in [0.2, 0.25) is 0 Å². The van der Waals surface area contributed by atoms with Gasteiger partial charge in [-0.25, -0.2) is 0 Å². The lowest BCUT2D eigenvalue weighted by molar-refractivity contribution is 0.307. The quantitative estimate of drug-likeness (QED) is 0.476. The van der Waals surface area contributed by atoms with Gasteiger partial charge in [0.15, 0.2) is 0 Å². The molecule has 1 radical (unpaired) electrons. The van der Waals surface area contributed by atoms with Crippen molar-refractivity contribution in [1.82, 2.24) is 0 Å². The minimum Gasteiger partial charge on any atom is -0.494 e. The molecule has 0 spiro atoms. The molecular formula is C12H15O. The summed E-state index contributed by atoms with van der Waals surface area (Å²) in [6.45, 7) is 4.46. The summed E-state index contributed by atoms with van der Waals surface area (Å²) in [5.74, 6) is 0.928. The molecule has 1 aromatic carbocycles. The number of benzene rings is 1. The number of hydrogen-bond acceptors (Lipinski definition) is 1. The van der Waals surface area contributed by atoms with E-state index in [1.54, 1.807) is 0 Å². The molecule has 0 amide bonds. The average molecular weight is 175 g/mol. The van der Waals surface area contributed by atoms with Crippen LogP contribution in [0.1, 0.15) is 19.3 Å². The van der Waals surface area contributed by atoms with E-state index in [1.165, 1.54) is 0 Å². The molecule has 1 aromatic rings. The van der Waals surface area contributed by atoms with Gasteiger partial charge < -0.3 is 4.74 Å². The van der Waals surface area contributed by atoms with Gasteiger partial charge in [-0.2, -0.15) is 0 Å². The van der Waals surface area contributed by atoms with Crippen molar-refractivity contribution in [2.45, 2.75) is 19.3 Å². The number of hydrogen-bond donors (Lipinski definition) is 0. The molecule has 1 nitrogen and oxygen atoms in total. The number of allylic oxidation sites excluding steroid dienone is 1. The third-order valence-corrected chi connectivity index (χ3v) is 1.76. The maximum Gasteiger partial charge on any atom is 0.119 e. The van der Waals surface area contributed by atoms with Gasteiger partial charge in [0, 0.05) is 0 Å². The van der Waals surface area contributed by atoms with Crippen molar-refractivity contribution in [3.05, 3.63) is 43.0 Å². The molecule has 0 N–H and O–H groups in total. The van der Waals surface area contributed by atoms with E-state index in [-0.39, 0.29) is 0 Å². The average Bonchev–Trinajstić information content (AvgIpc) is 2.19. The molecule has 0 saturated carbocycles. The normalized spacial score (nSPS) is 9.54. The Labute approximate surface area is 80.0 Å². The lowest BCUT2D eigenvalue weighted by Crippen LogP contribution is -1.96. The van der Waals surface area contributed by atoms with Crippen LogP contribution in [0, 0.1) is 6.07 Å². The summed E-state index contributed by atoms with van der Waals surface area (Å²) in [6.07, 6.45) is 5.26. The Balaban J connectivity index is 2.10. The molecular weight excluding hydrogens is 160 g/mol. The van der Waals surface area contributed by atoms with Gasteiger partial charge in [0.05, 0.1) is 6.61 Å². The van der Waals surface area contributed by atoms with Crippen molar-refractivity contribution < 1.29 is 4.74 Å². The van der Waals surface area contributed by atoms with Crippen molar-refractivity contribution in [3.63, 3.8) is 0 Å². The summed E-state index contributed by atoms with van der Waals surface area (Å²) in [5.41, 5.74) is 0. The Hall–Kier alpha value is -1.24. The summed E-state index contributed by atoms with van der Waals surface area (Å²) in [5, 5.41) is 0. The van der Waals surface area contributed by atoms with Crippen molar-refractivity contribution in [2.75, 3.05) is 6.61 Å². The molecule has 69 valence electrons. The highest BCUT2D eigenvalue weighted by Crippen LogP contribution is 2.08. The summed E-state index contributed by atoms with van der Waals surface area (Å²) in [7, 11) is 0. The van der Waals surface area contributed by atoms with Gasteiger partial charge in [-0.15, -0.1) is 6.58 Å². The lowest BCUT2D eigenvalue weighted by Gasteiger charge is -2.04. The van der Waals surface area contributed by atoms with Crippen molar-refractivity contribution in [2.24, 2.45) is 0 Å². The largest absolute Gasteiger partial charge is 0.494 e. The Kier molecular flexibility index (Phi) is 4.77. The van der Waals surface area contributed by atoms with Gasteiger partial charge in [0.25, 0.3) is 0 Å². The fourth-order valence-electron chi connectivity index (χ4n) is 1.05. The smallest absolute Gasteiger partial charge is 0.119 e. The molecule has 0 bridgehead atoms. The van der Waals surface area contributed by atoms with E-state index in [2.05, 4.69) is 12.6 Å². The van der Waals surface area contributed by atoms with Crippen LogP contribution in [-0.2, 0) is 0 Å². The predicted octanol–water partition coefficient (Wildman–Crippen LogP) is 3.22. The molecule has 0 fully saturated rings. The topological polar surface area (TPSA) is 9.23 Å². The van der Waals surface area contributed by atoms with Gasteiger partial charge in [0.2, 0.25) is 0 Å². The maximum absolute atomic E-state index is 5.50. The van der Waals surface area contributed by atoms with Gasteiger partial charge in [-0.3, -0.25) is 0 Å². The third kappa shape index (κ3) is 4.36. The molecule has 0 aliphatic carbocycles. The highest BCUT2D eigenvalue weighted by Gasteiger charge is 1.90. The molecule has 13 heavy (non-hydrogen) atoms. The standard InChI is InChI=1S/C12H15O/c1-2-3-4-8-11-13-12-9-6-5-7-10-12/h2,6-7,9-10H,1,3-4,8,11H2. The second-order valence-corrected chi connectivity index (χ2v) is 2.87. The van der Waals surface area contributed by atoms with E-state index in [0.29, 0.717) is 0 Å². The highest BCUT2D eigenvalue weighted by molar-refractivity contribution is 5.20. The zero-order valence-corrected chi connectivity index (χ0v) is 7.83. The van der Waals surface area contributed by atoms with E-state index in [4.69, 9.17) is 4.74 Å². The molecule has 0 atom stereocenters. The molecule has 0 aliphatic rings. The van der Waals surface area contributed by atoms with Crippen molar-refractivity contribution in [1.29, 1.82) is 0 Å². The monoisotopic (exact) mass is 175 g/mol. The molecule has 1 heteroatoms. The first-order chi connectivity index (χ1) is 6.43. The number of unbranched alkanes of at least 4 members (excludes halogenated alkanes) is 2. The van der Waals surface area contributed by atoms with E-state index < -0.39 is 0 Å². The summed E-state index contributed by atoms with van der Waals surface area (Å²) < 4.78 is 5.50. The SMILES string of the molecule is C=CCCCCOc1cc[c]cc1. The van der Waals surface area contributed by atoms with Gasteiger partial charge in [-0.1, -0.05) is 18.2 Å². The molecule has 0 unspecified atom stereocenters. The minimum absolute atomic E-state index is 0.790. The molecule has 0 saturated heterocycles. The first kappa shape index (κ1) is 9.85. The lowest BCUT2D eigenvalue weighted by atomic mass is 10.2. The summed E-state index contributed by atoms with van der Waals surface area (Å²) in [4.78, 5) is 0. The predicted molar refractivity (Wildman–Crippen MR) is 54.8 cm³/mol. The van der Waals surface area contributed by atoms with Crippen molar-refractivity contribution in [3.8, 4) is 5.75 Å². The van der Waals surface area contributed by atoms with E-state index >= 15 is 0 Å². The number of rotatable bonds is 6. The van der Waals surface area contributed by atoms with Crippen LogP contribution in [0.4, 0.5) is 0 Å². The van der Waals surface area contributed by atoms with Crippen molar-refractivity contribution >= 4 is 0 Å². The van der Waals surface area contributed by atoms with E-state index in [1.807, 2.05) is 30.3 Å². The third-order valence-electron chi connectivity index (χ3n) is 1.76. The van der Waals surface area contributed by atoms with Crippen LogP contribution in [0.5, 0.6) is 5.75 Å². The van der Waals surface area contributed by atoms with Gasteiger partial charge >= 0.3 is 0 Å². The Morgan fingerprint density at radius 2 is 2.08 bits per heavy atom. The Morgan fingerprint density at radius 1 is 1.31 bits per heavy atom. The maximum atomic E-state index is 5.50. The van der Waals surface area contributed by atoms with E-state index in [9.17, 15) is 0 Å². The van der Waals surface area contributed by atoms with Crippen LogP contribution < -0.4 is 4.74 Å². The fourth-order valence-corrected chi connectivity index (χ4v) is 1.05. The van der Waals surface area contributed by atoms with Crippen LogP contribution in [0.15, 0.2) is 36.9 Å². The second kappa shape index (κ2) is 6.30. The molecule has 0 heterocycles. The molecule has 0 aromatic heterocycles. The second-order valence-electron chi connectivity index (χ2n) is 2.87. The van der Waals surface area contributed by atoms with Crippen LogP contribution >= 0.6 is 0 Å². The zero-order valence-electron chi connectivity index (χ0n) is 7.83. The summed E-state index contributed by atoms with van der Waals surface area (Å²) in [6, 6.07) is 10.5. The van der Waals surface area contributed by atoms with Gasteiger partial charge in [0.1, 0.15) is 5.75 Å². The minimum atomic E-state index is 0.790. The highest BCUT2D eigenvalue weighted by atomic mass is 16.5. The number of ether oxygens (including phenoxy) is 1. The first-order valence-electron chi connectivity index (χ1n) is 4.63. The first-order valence-corrected chi connectivity index (χ1v) is 4.63. The molecule has 0 aliphatic heterocycles. The Morgan fingerprint density at radius 3 is 2.77 bits per heavy atom. The molecule has 1 rings (SSSR count). The summed E-state index contributed by atoms with van der Waals surface area (Å²) >= 11 is 0. The Bertz CT molecular complexity index is 228. The zero-order chi connectivity index (χ0) is 9.36. The van der Waals surface area contributed by atoms with Crippen LogP contribution in [0.25, 0.3) is 0 Å². The fraction of sp³-hybridized carbons (Fsp3) is 0.333. The van der Waals surface area contributed by atoms with E-state index in [0.717, 1.165) is 31.6 Å². The van der Waals surface area contributed by atoms with Gasteiger partial charge in [-0.05, 0) is 37.5 Å².